The van der Waals surface area contributed by atoms with E-state index in [9.17, 15) is 0 Å². The second-order valence-electron chi connectivity index (χ2n) is 10.4. The number of fused-ring (bicyclic) bond motifs is 3. The molecule has 0 amide bonds. The van der Waals surface area contributed by atoms with Crippen molar-refractivity contribution in [3.8, 4) is 0 Å². The van der Waals surface area contributed by atoms with Gasteiger partial charge in [0, 0.05) is 23.7 Å². The van der Waals surface area contributed by atoms with E-state index in [0.717, 1.165) is 38.9 Å². The van der Waals surface area contributed by atoms with Crippen LogP contribution in [-0.4, -0.2) is 27.3 Å². The standard InChI is InChI=1S/C20H36O3Si/c1-18(2,3)24(6,7)23-17-9-8-16-12-15(17)10-11-20(16)21-13-19(4,5)14-22-20/h9,15-16H,8,10-14H2,1-7H3. The normalized spacial score (nSPS) is 32.4. The molecule has 3 rings (SSSR count). The Hall–Kier alpha value is -0.323. The maximum atomic E-state index is 6.66. The lowest BCUT2D eigenvalue weighted by Crippen LogP contribution is -2.55. The highest BCUT2D eigenvalue weighted by Crippen LogP contribution is 2.51. The molecular formula is C20H36O3Si. The number of hydrogen-bond donors (Lipinski definition) is 0. The molecule has 0 aromatic rings. The molecule has 2 atom stereocenters. The Kier molecular flexibility index (Phi) is 4.50. The molecule has 2 aliphatic carbocycles. The van der Waals surface area contributed by atoms with Crippen LogP contribution in [0.4, 0.5) is 0 Å². The van der Waals surface area contributed by atoms with Gasteiger partial charge in [0.05, 0.1) is 19.0 Å². The van der Waals surface area contributed by atoms with Crippen LogP contribution in [-0.2, 0) is 13.9 Å². The zero-order valence-electron chi connectivity index (χ0n) is 16.7. The fourth-order valence-corrected chi connectivity index (χ4v) is 5.00. The molecule has 3 aliphatic rings. The zero-order valence-corrected chi connectivity index (χ0v) is 17.7. The summed E-state index contributed by atoms with van der Waals surface area (Å²) in [5, 5.41) is 0.252. The van der Waals surface area contributed by atoms with E-state index in [4.69, 9.17) is 13.9 Å². The lowest BCUT2D eigenvalue weighted by atomic mass is 9.70. The summed E-state index contributed by atoms with van der Waals surface area (Å²) in [4.78, 5) is 0. The first-order chi connectivity index (χ1) is 10.9. The summed E-state index contributed by atoms with van der Waals surface area (Å²) in [6.45, 7) is 17.7. The molecule has 2 fully saturated rings. The van der Waals surface area contributed by atoms with Gasteiger partial charge in [-0.25, -0.2) is 0 Å². The van der Waals surface area contributed by atoms with Crippen LogP contribution in [0.5, 0.6) is 0 Å². The number of hydrogen-bond acceptors (Lipinski definition) is 3. The summed E-state index contributed by atoms with van der Waals surface area (Å²) < 4.78 is 19.3. The van der Waals surface area contributed by atoms with Gasteiger partial charge in [0.25, 0.3) is 0 Å². The average molecular weight is 353 g/mol. The van der Waals surface area contributed by atoms with Crippen molar-refractivity contribution in [2.24, 2.45) is 17.3 Å². The third-order valence-electron chi connectivity index (χ3n) is 6.63. The van der Waals surface area contributed by atoms with Crippen molar-refractivity contribution < 1.29 is 13.9 Å². The molecule has 138 valence electrons. The summed E-state index contributed by atoms with van der Waals surface area (Å²) in [6, 6.07) is 0. The number of allylic oxidation sites excluding steroid dienone is 2. The SMILES string of the molecule is CC1(C)COC2(CCC3CC2CC=C3O[Si](C)(C)C(C)(C)C)OC1. The van der Waals surface area contributed by atoms with Crippen molar-refractivity contribution in [1.82, 2.24) is 0 Å². The van der Waals surface area contributed by atoms with E-state index in [1.54, 1.807) is 0 Å². The van der Waals surface area contributed by atoms with Crippen molar-refractivity contribution in [1.29, 1.82) is 0 Å². The second kappa shape index (κ2) is 5.85. The van der Waals surface area contributed by atoms with Gasteiger partial charge in [-0.15, -0.1) is 0 Å². The molecule has 1 heterocycles. The van der Waals surface area contributed by atoms with E-state index in [2.05, 4.69) is 53.8 Å². The van der Waals surface area contributed by atoms with Crippen LogP contribution in [0.2, 0.25) is 18.1 Å². The molecule has 4 heteroatoms. The van der Waals surface area contributed by atoms with E-state index < -0.39 is 8.32 Å². The summed E-state index contributed by atoms with van der Waals surface area (Å²) >= 11 is 0. The molecule has 1 aliphatic heterocycles. The molecule has 0 N–H and O–H groups in total. The van der Waals surface area contributed by atoms with Crippen molar-refractivity contribution in [2.45, 2.75) is 84.2 Å². The topological polar surface area (TPSA) is 27.7 Å². The molecular weight excluding hydrogens is 316 g/mol. The Morgan fingerprint density at radius 1 is 1.17 bits per heavy atom. The van der Waals surface area contributed by atoms with Gasteiger partial charge in [-0.2, -0.15) is 0 Å². The van der Waals surface area contributed by atoms with Crippen molar-refractivity contribution in [2.75, 3.05) is 13.2 Å². The maximum Gasteiger partial charge on any atom is 0.250 e. The largest absolute Gasteiger partial charge is 0.547 e. The molecule has 24 heavy (non-hydrogen) atoms. The van der Waals surface area contributed by atoms with E-state index in [1.165, 1.54) is 5.76 Å². The lowest BCUT2D eigenvalue weighted by molar-refractivity contribution is -0.335. The smallest absolute Gasteiger partial charge is 0.250 e. The van der Waals surface area contributed by atoms with Crippen LogP contribution in [0.1, 0.15) is 60.3 Å². The van der Waals surface area contributed by atoms with Crippen molar-refractivity contribution in [3.63, 3.8) is 0 Å². The van der Waals surface area contributed by atoms with Crippen LogP contribution in [0.15, 0.2) is 11.8 Å². The minimum atomic E-state index is -1.75. The van der Waals surface area contributed by atoms with Crippen LogP contribution in [0.25, 0.3) is 0 Å². The van der Waals surface area contributed by atoms with Gasteiger partial charge in [0.1, 0.15) is 0 Å². The van der Waals surface area contributed by atoms with Gasteiger partial charge < -0.3 is 13.9 Å². The number of rotatable bonds is 2. The highest BCUT2D eigenvalue weighted by atomic mass is 28.4. The lowest BCUT2D eigenvalue weighted by Gasteiger charge is -2.53. The van der Waals surface area contributed by atoms with Crippen LogP contribution in [0.3, 0.4) is 0 Å². The van der Waals surface area contributed by atoms with Gasteiger partial charge in [0.2, 0.25) is 8.32 Å². The second-order valence-corrected chi connectivity index (χ2v) is 15.2. The first-order valence-electron chi connectivity index (χ1n) is 9.61. The molecule has 2 bridgehead atoms. The minimum absolute atomic E-state index is 0.142. The maximum absolute atomic E-state index is 6.66. The van der Waals surface area contributed by atoms with E-state index in [1.807, 2.05) is 0 Å². The van der Waals surface area contributed by atoms with Crippen LogP contribution in [0, 0.1) is 17.3 Å². The Labute approximate surface area is 149 Å². The Morgan fingerprint density at radius 2 is 1.79 bits per heavy atom. The van der Waals surface area contributed by atoms with Gasteiger partial charge in [-0.3, -0.25) is 0 Å². The predicted molar refractivity (Wildman–Crippen MR) is 100 cm³/mol. The molecule has 1 spiro atoms. The monoisotopic (exact) mass is 352 g/mol. The molecule has 2 unspecified atom stereocenters. The predicted octanol–water partition coefficient (Wildman–Crippen LogP) is 5.48. The summed E-state index contributed by atoms with van der Waals surface area (Å²) in [5.74, 6) is 1.99. The van der Waals surface area contributed by atoms with E-state index >= 15 is 0 Å². The fourth-order valence-electron chi connectivity index (χ4n) is 3.85. The van der Waals surface area contributed by atoms with Gasteiger partial charge in [-0.1, -0.05) is 34.6 Å². The average Bonchev–Trinajstić information content (AvgIpc) is 2.47. The Balaban J connectivity index is 1.71. The zero-order chi connectivity index (χ0) is 17.8. The summed E-state index contributed by atoms with van der Waals surface area (Å²) in [6.07, 6.45) is 6.67. The summed E-state index contributed by atoms with van der Waals surface area (Å²) in [5.41, 5.74) is 0.142. The van der Waals surface area contributed by atoms with E-state index in [0.29, 0.717) is 11.8 Å². The molecule has 3 nitrogen and oxygen atoms in total. The third-order valence-corrected chi connectivity index (χ3v) is 11.0. The highest BCUT2D eigenvalue weighted by molar-refractivity contribution is 6.74. The molecule has 0 aromatic carbocycles. The van der Waals surface area contributed by atoms with Gasteiger partial charge in [0.15, 0.2) is 5.79 Å². The first kappa shape index (κ1) is 18.5. The molecule has 1 saturated carbocycles. The molecule has 1 saturated heterocycles. The van der Waals surface area contributed by atoms with Crippen LogP contribution < -0.4 is 0 Å². The van der Waals surface area contributed by atoms with Gasteiger partial charge >= 0.3 is 0 Å². The quantitative estimate of drug-likeness (QED) is 0.616. The Morgan fingerprint density at radius 3 is 2.38 bits per heavy atom. The van der Waals surface area contributed by atoms with Gasteiger partial charge in [-0.05, 0) is 43.5 Å². The van der Waals surface area contributed by atoms with Crippen LogP contribution >= 0.6 is 0 Å². The van der Waals surface area contributed by atoms with E-state index in [-0.39, 0.29) is 16.2 Å². The van der Waals surface area contributed by atoms with Crippen molar-refractivity contribution >= 4 is 8.32 Å². The van der Waals surface area contributed by atoms with Crippen molar-refractivity contribution in [3.05, 3.63) is 11.8 Å². The fraction of sp³-hybridized carbons (Fsp3) is 0.900. The first-order valence-corrected chi connectivity index (χ1v) is 12.5. The molecule has 0 radical (unpaired) electrons. The summed E-state index contributed by atoms with van der Waals surface area (Å²) in [7, 11) is -1.75. The molecule has 0 aromatic heterocycles. The third kappa shape index (κ3) is 3.34. The number of ether oxygens (including phenoxy) is 2. The Bertz CT molecular complexity index is 505. The highest BCUT2D eigenvalue weighted by Gasteiger charge is 2.52. The minimum Gasteiger partial charge on any atom is -0.547 e.